The van der Waals surface area contributed by atoms with Crippen LogP contribution in [0.1, 0.15) is 71.1 Å². The Bertz CT molecular complexity index is 4360. The standard InChI is InChI=1S/2C25H28N4O4.C23H26N4O4/c2*1-3-31-21-9-8-16(12-22(21)32-4-2)25-27-24(28-33-25)19-6-5-7-20-23(19)17(13-26-20)14-29-11-10-18(30)15-29;1-3-29-19-9-8-15(12-20(19)30-4-2)23-26-22(27-31-23)17-6-5-7-18-21(17)16(14-25-18)13-24-10-11-28/h2*5-9,12-13,18,26,30H,3-4,10-11,14-15H2,1-2H3;5-9,12,14,24-25,28H,3-4,10-11,13H2,1-2H3/t2*18-;/m10./s1. The quantitative estimate of drug-likeness (QED) is 0.0248. The van der Waals surface area contributed by atoms with Crippen LogP contribution in [-0.2, 0) is 19.6 Å². The topological polar surface area (TPSA) is 299 Å². The third kappa shape index (κ3) is 15.4. The maximum atomic E-state index is 9.89. The number of nitrogens with one attached hydrogen (secondary N) is 4. The second kappa shape index (κ2) is 31.6. The first-order valence-corrected chi connectivity index (χ1v) is 33.2. The molecule has 2 fully saturated rings. The van der Waals surface area contributed by atoms with Gasteiger partial charge in [-0.15, -0.1) is 0 Å². The highest BCUT2D eigenvalue weighted by Crippen LogP contribution is 2.40. The van der Waals surface area contributed by atoms with Crippen LogP contribution in [0.5, 0.6) is 34.5 Å². The first kappa shape index (κ1) is 66.9. The van der Waals surface area contributed by atoms with Crippen molar-refractivity contribution in [2.24, 2.45) is 0 Å². The van der Waals surface area contributed by atoms with E-state index in [1.165, 1.54) is 0 Å². The van der Waals surface area contributed by atoms with Gasteiger partial charge in [0.1, 0.15) is 0 Å². The Kier molecular flexibility index (Phi) is 21.8. The molecule has 2 saturated heterocycles. The van der Waals surface area contributed by atoms with E-state index in [4.69, 9.17) is 57.1 Å². The van der Waals surface area contributed by atoms with Crippen LogP contribution in [0.2, 0.25) is 0 Å². The Labute approximate surface area is 560 Å². The number of hydrogen-bond donors (Lipinski definition) is 7. The van der Waals surface area contributed by atoms with Gasteiger partial charge in [0.25, 0.3) is 17.7 Å². The molecule has 2 aliphatic rings. The number of aromatic amines is 3. The monoisotopic (exact) mass is 1320 g/mol. The van der Waals surface area contributed by atoms with E-state index < -0.39 is 0 Å². The van der Waals surface area contributed by atoms with Crippen LogP contribution >= 0.6 is 0 Å². The molecule has 0 aliphatic carbocycles. The Morgan fingerprint density at radius 1 is 0.454 bits per heavy atom. The highest BCUT2D eigenvalue weighted by molar-refractivity contribution is 5.98. The van der Waals surface area contributed by atoms with Crippen LogP contribution in [-0.4, -0.2) is 162 Å². The molecule has 14 rings (SSSR count). The highest BCUT2D eigenvalue weighted by atomic mass is 16.5. The second-order valence-electron chi connectivity index (χ2n) is 23.2. The second-order valence-corrected chi connectivity index (χ2v) is 23.2. The van der Waals surface area contributed by atoms with Crippen molar-refractivity contribution in [3.05, 3.63) is 144 Å². The summed E-state index contributed by atoms with van der Waals surface area (Å²) < 4.78 is 51.0. The first-order chi connectivity index (χ1) is 47.6. The lowest BCUT2D eigenvalue weighted by Gasteiger charge is -2.14. The number of ether oxygens (including phenoxy) is 6. The average molecular weight is 1320 g/mol. The van der Waals surface area contributed by atoms with Crippen LogP contribution in [0.4, 0.5) is 0 Å². The summed E-state index contributed by atoms with van der Waals surface area (Å²) in [5, 5.41) is 48.0. The van der Waals surface area contributed by atoms with E-state index in [0.29, 0.717) is 135 Å². The van der Waals surface area contributed by atoms with Gasteiger partial charge in [-0.2, -0.15) is 15.0 Å². The van der Waals surface area contributed by atoms with Gasteiger partial charge in [0, 0.05) is 137 Å². The van der Waals surface area contributed by atoms with Crippen molar-refractivity contribution < 1.29 is 57.3 Å². The van der Waals surface area contributed by atoms with Crippen LogP contribution in [0.15, 0.2) is 141 Å². The zero-order chi connectivity index (χ0) is 67.2. The summed E-state index contributed by atoms with van der Waals surface area (Å²) in [4.78, 5) is 28.6. The molecule has 6 aromatic heterocycles. The molecule has 97 heavy (non-hydrogen) atoms. The van der Waals surface area contributed by atoms with Gasteiger partial charge in [0.15, 0.2) is 34.5 Å². The van der Waals surface area contributed by atoms with E-state index in [-0.39, 0.29) is 18.8 Å². The number of aliphatic hydroxyl groups is 3. The van der Waals surface area contributed by atoms with Crippen molar-refractivity contribution in [1.82, 2.24) is 60.5 Å². The molecule has 24 nitrogen and oxygen atoms in total. The molecule has 8 heterocycles. The molecule has 0 radical (unpaired) electrons. The van der Waals surface area contributed by atoms with Gasteiger partial charge < -0.3 is 77.6 Å². The number of β-amino-alcohol motifs (C(OH)–C–C–N with tert-alkyl or cyclic N) is 2. The maximum absolute atomic E-state index is 9.89. The van der Waals surface area contributed by atoms with Gasteiger partial charge in [-0.3, -0.25) is 9.80 Å². The Morgan fingerprint density at radius 2 is 0.794 bits per heavy atom. The van der Waals surface area contributed by atoms with Crippen molar-refractivity contribution in [3.8, 4) is 103 Å². The van der Waals surface area contributed by atoms with Gasteiger partial charge in [-0.1, -0.05) is 51.9 Å². The minimum atomic E-state index is -0.245. The number of hydrogen-bond acceptors (Lipinski definition) is 21. The van der Waals surface area contributed by atoms with E-state index in [0.717, 1.165) is 122 Å². The van der Waals surface area contributed by atoms with Gasteiger partial charge in [-0.05, 0) is 144 Å². The van der Waals surface area contributed by atoms with Crippen molar-refractivity contribution in [2.45, 2.75) is 86.2 Å². The lowest BCUT2D eigenvalue weighted by atomic mass is 10.1. The van der Waals surface area contributed by atoms with Gasteiger partial charge in [0.05, 0.1) is 58.5 Å². The largest absolute Gasteiger partial charge is 0.490 e. The summed E-state index contributed by atoms with van der Waals surface area (Å²) in [5.74, 6) is 6.84. The summed E-state index contributed by atoms with van der Waals surface area (Å²) in [6.45, 7) is 20.8. The van der Waals surface area contributed by atoms with E-state index in [2.05, 4.69) is 50.5 Å². The molecular weight excluding hydrogens is 1240 g/mol. The lowest BCUT2D eigenvalue weighted by molar-refractivity contribution is 0.174. The van der Waals surface area contributed by atoms with Gasteiger partial charge >= 0.3 is 0 Å². The SMILES string of the molecule is CCOc1ccc(-c2nc(-c3cccc4[nH]cc(CN5CC[C@@H](O)C5)c34)no2)cc1OCC.CCOc1ccc(-c2nc(-c3cccc4[nH]cc(CN5CC[C@H](O)C5)c34)no2)cc1OCC.CCOc1ccc(-c2nc(-c3cccc4[nH]cc(CNCCO)c34)no2)cc1OCC. The summed E-state index contributed by atoms with van der Waals surface area (Å²) in [6, 6.07) is 34.9. The lowest BCUT2D eigenvalue weighted by Crippen LogP contribution is -2.21. The molecule has 0 amide bonds. The highest BCUT2D eigenvalue weighted by Gasteiger charge is 2.26. The fourth-order valence-corrected chi connectivity index (χ4v) is 12.3. The summed E-state index contributed by atoms with van der Waals surface area (Å²) in [5.41, 5.74) is 11.4. The maximum Gasteiger partial charge on any atom is 0.258 e. The number of H-pyrrole nitrogens is 3. The average Bonchev–Trinajstić information content (AvgIpc) is 1.66. The Hall–Kier alpha value is -10.1. The zero-order valence-corrected chi connectivity index (χ0v) is 55.4. The number of rotatable bonds is 26. The molecular formula is C73H82N12O12. The number of likely N-dealkylation sites (tertiary alicyclic amines) is 2. The third-order valence-corrected chi connectivity index (χ3v) is 16.6. The number of benzene rings is 6. The zero-order valence-electron chi connectivity index (χ0n) is 55.4. The third-order valence-electron chi connectivity index (χ3n) is 16.6. The molecule has 2 aliphatic heterocycles. The summed E-state index contributed by atoms with van der Waals surface area (Å²) >= 11 is 0. The molecule has 24 heteroatoms. The molecule has 0 unspecified atom stereocenters. The summed E-state index contributed by atoms with van der Waals surface area (Å²) in [6.07, 6.45) is 7.15. The molecule has 0 spiro atoms. The number of nitrogens with zero attached hydrogens (tertiary/aromatic N) is 8. The van der Waals surface area contributed by atoms with Gasteiger partial charge in [0.2, 0.25) is 17.5 Å². The Morgan fingerprint density at radius 3 is 1.12 bits per heavy atom. The molecule has 0 saturated carbocycles. The van der Waals surface area contributed by atoms with Crippen LogP contribution < -0.4 is 33.7 Å². The molecule has 0 bridgehead atoms. The molecule has 2 atom stereocenters. The Balaban J connectivity index is 0.000000139. The fraction of sp³-hybridized carbons (Fsp3) is 0.342. The van der Waals surface area contributed by atoms with Crippen molar-refractivity contribution in [1.29, 1.82) is 0 Å². The van der Waals surface area contributed by atoms with Crippen molar-refractivity contribution in [2.75, 3.05) is 79.0 Å². The minimum absolute atomic E-state index is 0.0925. The van der Waals surface area contributed by atoms with Crippen LogP contribution in [0.25, 0.3) is 101 Å². The molecule has 506 valence electrons. The van der Waals surface area contributed by atoms with Crippen LogP contribution in [0.3, 0.4) is 0 Å². The number of aromatic nitrogens is 9. The number of aliphatic hydroxyl groups excluding tert-OH is 3. The predicted molar refractivity (Wildman–Crippen MR) is 369 cm³/mol. The summed E-state index contributed by atoms with van der Waals surface area (Å²) in [7, 11) is 0. The minimum Gasteiger partial charge on any atom is -0.490 e. The molecule has 12 aromatic rings. The molecule has 7 N–H and O–H groups in total. The van der Waals surface area contributed by atoms with E-state index >= 15 is 0 Å². The first-order valence-electron chi connectivity index (χ1n) is 33.2. The molecule has 6 aromatic carbocycles. The van der Waals surface area contributed by atoms with E-state index in [9.17, 15) is 10.2 Å². The number of fused-ring (bicyclic) bond motifs is 3. The van der Waals surface area contributed by atoms with Gasteiger partial charge in [-0.25, -0.2) is 0 Å². The van der Waals surface area contributed by atoms with Crippen molar-refractivity contribution in [3.63, 3.8) is 0 Å². The van der Waals surface area contributed by atoms with Crippen molar-refractivity contribution >= 4 is 32.7 Å². The van der Waals surface area contributed by atoms with E-state index in [1.54, 1.807) is 0 Å². The fourth-order valence-electron chi connectivity index (χ4n) is 12.3. The smallest absolute Gasteiger partial charge is 0.258 e. The normalized spacial score (nSPS) is 14.8. The van der Waals surface area contributed by atoms with E-state index in [1.807, 2.05) is 169 Å². The van der Waals surface area contributed by atoms with Crippen LogP contribution in [0, 0.1) is 0 Å². The predicted octanol–water partition coefficient (Wildman–Crippen LogP) is 12.3.